The van der Waals surface area contributed by atoms with Gasteiger partial charge in [-0.05, 0) is 109 Å². The van der Waals surface area contributed by atoms with Crippen molar-refractivity contribution in [1.29, 1.82) is 0 Å². The van der Waals surface area contributed by atoms with Gasteiger partial charge in [0.05, 0.1) is 34.4 Å². The lowest BCUT2D eigenvalue weighted by Crippen LogP contribution is -2.37. The van der Waals surface area contributed by atoms with Crippen LogP contribution < -0.4 is 4.89 Å². The molecular formula is C56H92NO7P. The zero-order chi connectivity index (χ0) is 47.6. The van der Waals surface area contributed by atoms with Crippen molar-refractivity contribution in [1.82, 2.24) is 0 Å². The molecule has 0 saturated heterocycles. The molecule has 0 amide bonds. The third-order valence-corrected chi connectivity index (χ3v) is 10.7. The van der Waals surface area contributed by atoms with Crippen LogP contribution in [0.15, 0.2) is 134 Å². The second-order valence-electron chi connectivity index (χ2n) is 17.1. The fourth-order valence-corrected chi connectivity index (χ4v) is 6.66. The minimum atomic E-state index is -4.56. The van der Waals surface area contributed by atoms with Crippen LogP contribution in [0.25, 0.3) is 0 Å². The number of hydrogen-bond acceptors (Lipinski definition) is 7. The van der Waals surface area contributed by atoms with Gasteiger partial charge >= 0.3 is 5.97 Å². The van der Waals surface area contributed by atoms with Crippen LogP contribution in [0.1, 0.15) is 155 Å². The van der Waals surface area contributed by atoms with Crippen molar-refractivity contribution in [3.05, 3.63) is 134 Å². The lowest BCUT2D eigenvalue weighted by Gasteiger charge is -2.28. The number of carbonyl (C=O) groups excluding carboxylic acids is 1. The van der Waals surface area contributed by atoms with E-state index < -0.39 is 13.9 Å². The smallest absolute Gasteiger partial charge is 0.306 e. The number of quaternary nitrogens is 1. The van der Waals surface area contributed by atoms with Crippen molar-refractivity contribution in [3.8, 4) is 0 Å². The van der Waals surface area contributed by atoms with Gasteiger partial charge < -0.3 is 27.9 Å². The molecular weight excluding hydrogens is 830 g/mol. The van der Waals surface area contributed by atoms with Crippen molar-refractivity contribution >= 4 is 13.8 Å². The Hall–Kier alpha value is -3.36. The Labute approximate surface area is 398 Å². The third-order valence-electron chi connectivity index (χ3n) is 9.70. The molecule has 0 rings (SSSR count). The van der Waals surface area contributed by atoms with Crippen LogP contribution in [-0.4, -0.2) is 70.7 Å². The van der Waals surface area contributed by atoms with Gasteiger partial charge in [-0.15, -0.1) is 0 Å². The summed E-state index contributed by atoms with van der Waals surface area (Å²) in [4.78, 5) is 25.1. The summed E-state index contributed by atoms with van der Waals surface area (Å²) in [6, 6.07) is 0. The first-order valence-electron chi connectivity index (χ1n) is 24.9. The second kappa shape index (κ2) is 47.1. The van der Waals surface area contributed by atoms with E-state index in [9.17, 15) is 14.3 Å². The summed E-state index contributed by atoms with van der Waals surface area (Å²) in [5.74, 6) is -0.373. The highest BCUT2D eigenvalue weighted by molar-refractivity contribution is 7.45. The van der Waals surface area contributed by atoms with Crippen molar-refractivity contribution in [2.75, 3.05) is 54.1 Å². The molecule has 0 aliphatic heterocycles. The Morgan fingerprint density at radius 2 is 0.846 bits per heavy atom. The number of phosphoric ester groups is 1. The van der Waals surface area contributed by atoms with E-state index in [1.54, 1.807) is 0 Å². The largest absolute Gasteiger partial charge is 0.756 e. The number of allylic oxidation sites excluding steroid dienone is 22. The summed E-state index contributed by atoms with van der Waals surface area (Å²) < 4.78 is 34.6. The molecule has 0 bridgehead atoms. The van der Waals surface area contributed by atoms with Gasteiger partial charge in [-0.3, -0.25) is 9.36 Å². The van der Waals surface area contributed by atoms with Gasteiger partial charge in [0, 0.05) is 13.0 Å². The molecule has 8 nitrogen and oxygen atoms in total. The third kappa shape index (κ3) is 51.5. The number of ether oxygens (including phenoxy) is 2. The summed E-state index contributed by atoms with van der Waals surface area (Å²) >= 11 is 0. The summed E-state index contributed by atoms with van der Waals surface area (Å²) in [5.41, 5.74) is 0. The number of carbonyl (C=O) groups is 1. The second-order valence-corrected chi connectivity index (χ2v) is 18.5. The molecule has 0 radical (unpaired) electrons. The molecule has 0 saturated carbocycles. The summed E-state index contributed by atoms with van der Waals surface area (Å²) in [5, 5.41) is 0. The van der Waals surface area contributed by atoms with Crippen molar-refractivity contribution in [3.63, 3.8) is 0 Å². The van der Waals surface area contributed by atoms with E-state index in [1.807, 2.05) is 21.1 Å². The van der Waals surface area contributed by atoms with Gasteiger partial charge in [0.25, 0.3) is 7.82 Å². The number of rotatable bonds is 44. The van der Waals surface area contributed by atoms with Crippen LogP contribution >= 0.6 is 7.82 Å². The topological polar surface area (TPSA) is 94.1 Å². The van der Waals surface area contributed by atoms with Gasteiger partial charge in [0.15, 0.2) is 0 Å². The minimum absolute atomic E-state index is 0.00673. The number of likely N-dealkylation sites (N-methyl/N-ethyl adjacent to an activating group) is 1. The fraction of sp³-hybridized carbons (Fsp3) is 0.589. The average Bonchev–Trinajstić information content (AvgIpc) is 3.27. The molecule has 65 heavy (non-hydrogen) atoms. The summed E-state index contributed by atoms with van der Waals surface area (Å²) in [7, 11) is 1.29. The van der Waals surface area contributed by atoms with Crippen molar-refractivity contribution in [2.45, 2.75) is 161 Å². The molecule has 9 heteroatoms. The zero-order valence-corrected chi connectivity index (χ0v) is 42.5. The van der Waals surface area contributed by atoms with Gasteiger partial charge in [-0.25, -0.2) is 0 Å². The lowest BCUT2D eigenvalue weighted by molar-refractivity contribution is -0.870. The lowest BCUT2D eigenvalue weighted by atomic mass is 10.1. The van der Waals surface area contributed by atoms with E-state index >= 15 is 0 Å². The van der Waals surface area contributed by atoms with Crippen LogP contribution in [0.3, 0.4) is 0 Å². The standard InChI is InChI=1S/C56H92NO7P/c1-6-8-10-12-14-16-18-20-22-24-25-26-27-28-29-30-31-32-34-36-38-40-42-44-46-48-51-61-53-55(54-63-65(59,60)62-52-50-57(3,4)5)64-56(58)49-47-45-43-41-39-37-35-33-23-21-19-17-15-13-11-9-7-2/h8-11,14-17,20-23,25-26,28-29,31-32,35-38,55H,6-7,12-13,18-19,24,27,30,33-34,39-54H2,1-5H3/b10-8-,11-9-,16-14-,17-15-,22-20-,23-21-,26-25-,29-28-,32-31-,37-35-,38-36-. The van der Waals surface area contributed by atoms with Gasteiger partial charge in [-0.2, -0.15) is 0 Å². The molecule has 2 unspecified atom stereocenters. The first-order chi connectivity index (χ1) is 31.6. The first kappa shape index (κ1) is 61.6. The summed E-state index contributed by atoms with van der Waals surface area (Å²) in [6.45, 7) is 5.04. The zero-order valence-electron chi connectivity index (χ0n) is 41.6. The average molecular weight is 922 g/mol. The molecule has 0 heterocycles. The minimum Gasteiger partial charge on any atom is -0.756 e. The molecule has 0 N–H and O–H groups in total. The maximum atomic E-state index is 12.7. The van der Waals surface area contributed by atoms with E-state index in [1.165, 1.54) is 0 Å². The number of unbranched alkanes of at least 4 members (excludes halogenated alkanes) is 8. The Bertz CT molecular complexity index is 1490. The molecule has 0 aromatic rings. The highest BCUT2D eigenvalue weighted by Gasteiger charge is 2.20. The highest BCUT2D eigenvalue weighted by atomic mass is 31.2. The number of esters is 1. The number of nitrogens with zero attached hydrogens (tertiary/aromatic N) is 1. The predicted octanol–water partition coefficient (Wildman–Crippen LogP) is 14.9. The van der Waals surface area contributed by atoms with Gasteiger partial charge in [0.1, 0.15) is 19.3 Å². The Morgan fingerprint density at radius 3 is 1.25 bits per heavy atom. The molecule has 0 fully saturated rings. The predicted molar refractivity (Wildman–Crippen MR) is 277 cm³/mol. The van der Waals surface area contributed by atoms with E-state index in [-0.39, 0.29) is 32.2 Å². The normalized spacial score (nSPS) is 14.7. The van der Waals surface area contributed by atoms with Crippen molar-refractivity contribution < 1.29 is 37.3 Å². The molecule has 0 spiro atoms. The maximum absolute atomic E-state index is 12.7. The van der Waals surface area contributed by atoms with Crippen molar-refractivity contribution in [2.24, 2.45) is 0 Å². The molecule has 0 aliphatic rings. The van der Waals surface area contributed by atoms with E-state index in [0.717, 1.165) is 128 Å². The van der Waals surface area contributed by atoms with E-state index in [0.29, 0.717) is 24.1 Å². The first-order valence-corrected chi connectivity index (χ1v) is 26.4. The monoisotopic (exact) mass is 922 g/mol. The van der Waals surface area contributed by atoms with E-state index in [2.05, 4.69) is 148 Å². The van der Waals surface area contributed by atoms with Crippen LogP contribution in [-0.2, 0) is 27.9 Å². The van der Waals surface area contributed by atoms with Crippen LogP contribution in [0.5, 0.6) is 0 Å². The molecule has 0 aromatic heterocycles. The van der Waals surface area contributed by atoms with Gasteiger partial charge in [-0.1, -0.05) is 173 Å². The summed E-state index contributed by atoms with van der Waals surface area (Å²) in [6.07, 6.45) is 69.1. The quantitative estimate of drug-likeness (QED) is 0.0197. The molecule has 2 atom stereocenters. The van der Waals surface area contributed by atoms with Gasteiger partial charge in [0.2, 0.25) is 0 Å². The highest BCUT2D eigenvalue weighted by Crippen LogP contribution is 2.38. The van der Waals surface area contributed by atoms with Crippen LogP contribution in [0, 0.1) is 0 Å². The van der Waals surface area contributed by atoms with E-state index in [4.69, 9.17) is 18.5 Å². The molecule has 0 aromatic carbocycles. The number of hydrogen-bond donors (Lipinski definition) is 0. The molecule has 0 aliphatic carbocycles. The fourth-order valence-electron chi connectivity index (χ4n) is 5.93. The molecule has 368 valence electrons. The van der Waals surface area contributed by atoms with Crippen LogP contribution in [0.2, 0.25) is 0 Å². The Kier molecular flexibility index (Phi) is 44.7. The van der Waals surface area contributed by atoms with Crippen LogP contribution in [0.4, 0.5) is 0 Å². The maximum Gasteiger partial charge on any atom is 0.306 e. The Balaban J connectivity index is 4.30. The number of phosphoric acid groups is 1. The SMILES string of the molecule is CC/C=C\C/C=C\C/C=C\C/C=C\C/C=C\C/C=C\C/C=C\CCCCCCOCC(COP(=O)([O-])OCC[N+](C)(C)C)OC(=O)CCCCCC/C=C\C/C=C\C/C=C\C/C=C\CC. The Morgan fingerprint density at radius 1 is 0.477 bits per heavy atom.